The van der Waals surface area contributed by atoms with Gasteiger partial charge in [0.15, 0.2) is 0 Å². The lowest BCUT2D eigenvalue weighted by Crippen LogP contribution is -2.33. The standard InChI is InChI=1S/C20H22N4O3/c1-3-14(15-11-24-9-5-8-21-20(24)23-15)22-18(25)17-12(2)10-16(27-19(17)26)13-6-4-7-13/h5,8-11,13-14H,3-4,6-7H2,1-2H3,(H,22,25). The van der Waals surface area contributed by atoms with Crippen molar-refractivity contribution in [3.05, 3.63) is 63.7 Å². The van der Waals surface area contributed by atoms with Crippen molar-refractivity contribution in [3.63, 3.8) is 0 Å². The molecule has 1 aliphatic rings. The van der Waals surface area contributed by atoms with E-state index in [1.165, 1.54) is 0 Å². The SMILES string of the molecule is CCC(NC(=O)c1c(C)cc(C2CCC2)oc1=O)c1cn2cccnc2n1. The molecule has 3 heterocycles. The summed E-state index contributed by atoms with van der Waals surface area (Å²) in [5.74, 6) is 1.14. The van der Waals surface area contributed by atoms with Crippen LogP contribution in [0.25, 0.3) is 5.78 Å². The molecule has 27 heavy (non-hydrogen) atoms. The van der Waals surface area contributed by atoms with Crippen LogP contribution in [-0.2, 0) is 0 Å². The summed E-state index contributed by atoms with van der Waals surface area (Å²) < 4.78 is 7.24. The number of amides is 1. The number of nitrogens with zero attached hydrogens (tertiary/aromatic N) is 3. The van der Waals surface area contributed by atoms with Crippen LogP contribution in [0.3, 0.4) is 0 Å². The van der Waals surface area contributed by atoms with E-state index in [0.29, 0.717) is 35.1 Å². The Balaban J connectivity index is 1.59. The number of nitrogens with one attached hydrogen (secondary N) is 1. The molecular weight excluding hydrogens is 344 g/mol. The van der Waals surface area contributed by atoms with E-state index in [1.807, 2.05) is 31.5 Å². The highest BCUT2D eigenvalue weighted by Gasteiger charge is 2.26. The number of fused-ring (bicyclic) bond motifs is 1. The van der Waals surface area contributed by atoms with E-state index in [0.717, 1.165) is 19.3 Å². The number of imidazole rings is 1. The third kappa shape index (κ3) is 3.25. The van der Waals surface area contributed by atoms with Gasteiger partial charge in [0.1, 0.15) is 11.3 Å². The molecule has 7 heteroatoms. The zero-order valence-electron chi connectivity index (χ0n) is 15.4. The van der Waals surface area contributed by atoms with Gasteiger partial charge in [-0.1, -0.05) is 13.3 Å². The smallest absolute Gasteiger partial charge is 0.349 e. The van der Waals surface area contributed by atoms with Crippen molar-refractivity contribution >= 4 is 11.7 Å². The van der Waals surface area contributed by atoms with Crippen molar-refractivity contribution in [2.75, 3.05) is 0 Å². The number of hydrogen-bond acceptors (Lipinski definition) is 5. The average molecular weight is 366 g/mol. The van der Waals surface area contributed by atoms with Crippen molar-refractivity contribution in [2.24, 2.45) is 0 Å². The number of hydrogen-bond donors (Lipinski definition) is 1. The van der Waals surface area contributed by atoms with Crippen LogP contribution in [0.4, 0.5) is 0 Å². The lowest BCUT2D eigenvalue weighted by atomic mass is 9.83. The molecule has 0 saturated heterocycles. The number of aryl methyl sites for hydroxylation is 1. The topological polar surface area (TPSA) is 89.5 Å². The first-order valence-corrected chi connectivity index (χ1v) is 9.32. The summed E-state index contributed by atoms with van der Waals surface area (Å²) in [5, 5.41) is 2.92. The molecule has 7 nitrogen and oxygen atoms in total. The van der Waals surface area contributed by atoms with Crippen LogP contribution in [-0.4, -0.2) is 20.3 Å². The predicted molar refractivity (Wildman–Crippen MR) is 99.8 cm³/mol. The van der Waals surface area contributed by atoms with Gasteiger partial charge in [-0.05, 0) is 43.9 Å². The molecule has 0 radical (unpaired) electrons. The molecule has 1 amide bonds. The highest BCUT2D eigenvalue weighted by Crippen LogP contribution is 2.36. The van der Waals surface area contributed by atoms with Gasteiger partial charge in [-0.25, -0.2) is 14.8 Å². The molecule has 1 unspecified atom stereocenters. The highest BCUT2D eigenvalue weighted by atomic mass is 16.4. The monoisotopic (exact) mass is 366 g/mol. The van der Waals surface area contributed by atoms with Gasteiger partial charge >= 0.3 is 5.63 Å². The Kier molecular flexibility index (Phi) is 4.51. The lowest BCUT2D eigenvalue weighted by molar-refractivity contribution is 0.0929. The summed E-state index contributed by atoms with van der Waals surface area (Å²) in [4.78, 5) is 33.9. The van der Waals surface area contributed by atoms with Crippen LogP contribution in [0.2, 0.25) is 0 Å². The number of carbonyl (C=O) groups is 1. The molecular formula is C20H22N4O3. The van der Waals surface area contributed by atoms with Crippen LogP contribution in [0.15, 0.2) is 39.9 Å². The Hall–Kier alpha value is -2.96. The van der Waals surface area contributed by atoms with Gasteiger partial charge in [-0.2, -0.15) is 0 Å². The fraction of sp³-hybridized carbons (Fsp3) is 0.400. The van der Waals surface area contributed by atoms with Crippen LogP contribution in [0.5, 0.6) is 0 Å². The Labute approximate surface area is 156 Å². The maximum Gasteiger partial charge on any atom is 0.349 e. The Morgan fingerprint density at radius 1 is 1.44 bits per heavy atom. The van der Waals surface area contributed by atoms with E-state index >= 15 is 0 Å². The largest absolute Gasteiger partial charge is 0.427 e. The minimum absolute atomic E-state index is 0.0680. The second kappa shape index (κ2) is 6.98. The lowest BCUT2D eigenvalue weighted by Gasteiger charge is -2.24. The van der Waals surface area contributed by atoms with Gasteiger partial charge in [0, 0.05) is 24.5 Å². The summed E-state index contributed by atoms with van der Waals surface area (Å²) in [7, 11) is 0. The van der Waals surface area contributed by atoms with Gasteiger partial charge in [-0.3, -0.25) is 9.20 Å². The minimum Gasteiger partial charge on any atom is -0.427 e. The molecule has 0 spiro atoms. The van der Waals surface area contributed by atoms with Crippen LogP contribution in [0.1, 0.15) is 71.9 Å². The van der Waals surface area contributed by atoms with Crippen LogP contribution >= 0.6 is 0 Å². The van der Waals surface area contributed by atoms with Crippen molar-refractivity contribution in [1.82, 2.24) is 19.7 Å². The first kappa shape index (κ1) is 17.5. The number of carbonyl (C=O) groups excluding carboxylic acids is 1. The maximum atomic E-state index is 12.8. The summed E-state index contributed by atoms with van der Waals surface area (Å²) in [6, 6.07) is 3.33. The third-order valence-electron chi connectivity index (χ3n) is 5.23. The molecule has 3 aromatic heterocycles. The minimum atomic E-state index is -0.569. The zero-order chi connectivity index (χ0) is 19.0. The highest BCUT2D eigenvalue weighted by molar-refractivity contribution is 5.95. The molecule has 3 aromatic rings. The maximum absolute atomic E-state index is 12.8. The number of aromatic nitrogens is 3. The van der Waals surface area contributed by atoms with E-state index < -0.39 is 11.5 Å². The fourth-order valence-electron chi connectivity index (χ4n) is 3.43. The summed E-state index contributed by atoms with van der Waals surface area (Å²) in [6.07, 6.45) is 9.23. The van der Waals surface area contributed by atoms with E-state index in [1.54, 1.807) is 17.5 Å². The van der Waals surface area contributed by atoms with Gasteiger partial charge in [0.25, 0.3) is 5.91 Å². The van der Waals surface area contributed by atoms with Gasteiger partial charge < -0.3 is 9.73 Å². The first-order chi connectivity index (χ1) is 13.1. The van der Waals surface area contributed by atoms with Crippen LogP contribution in [0, 0.1) is 6.92 Å². The second-order valence-corrected chi connectivity index (χ2v) is 7.05. The predicted octanol–water partition coefficient (Wildman–Crippen LogP) is 3.14. The zero-order valence-corrected chi connectivity index (χ0v) is 15.4. The quantitative estimate of drug-likeness (QED) is 0.749. The molecule has 1 N–H and O–H groups in total. The van der Waals surface area contributed by atoms with Crippen molar-refractivity contribution in [2.45, 2.75) is 51.5 Å². The summed E-state index contributed by atoms with van der Waals surface area (Å²) in [6.45, 7) is 3.74. The van der Waals surface area contributed by atoms with E-state index in [-0.39, 0.29) is 11.6 Å². The molecule has 1 saturated carbocycles. The Bertz CT molecular complexity index is 1020. The summed E-state index contributed by atoms with van der Waals surface area (Å²) in [5.41, 5.74) is 0.856. The van der Waals surface area contributed by atoms with Crippen molar-refractivity contribution in [3.8, 4) is 0 Å². The van der Waals surface area contributed by atoms with Gasteiger partial charge in [-0.15, -0.1) is 0 Å². The summed E-state index contributed by atoms with van der Waals surface area (Å²) >= 11 is 0. The molecule has 0 aromatic carbocycles. The van der Waals surface area contributed by atoms with E-state index in [9.17, 15) is 9.59 Å². The molecule has 4 rings (SSSR count). The normalized spacial score (nSPS) is 15.5. The first-order valence-electron chi connectivity index (χ1n) is 9.32. The van der Waals surface area contributed by atoms with Crippen molar-refractivity contribution in [1.29, 1.82) is 0 Å². The van der Waals surface area contributed by atoms with Gasteiger partial charge in [0.05, 0.1) is 11.7 Å². The molecule has 0 aliphatic heterocycles. The van der Waals surface area contributed by atoms with E-state index in [4.69, 9.17) is 4.42 Å². The molecule has 1 aliphatic carbocycles. The Morgan fingerprint density at radius 2 is 2.26 bits per heavy atom. The van der Waals surface area contributed by atoms with Crippen LogP contribution < -0.4 is 10.9 Å². The molecule has 140 valence electrons. The average Bonchev–Trinajstić information content (AvgIpc) is 3.01. The van der Waals surface area contributed by atoms with E-state index in [2.05, 4.69) is 15.3 Å². The molecule has 1 fully saturated rings. The second-order valence-electron chi connectivity index (χ2n) is 7.05. The molecule has 1 atom stereocenters. The Morgan fingerprint density at radius 3 is 2.89 bits per heavy atom. The number of rotatable bonds is 5. The van der Waals surface area contributed by atoms with Gasteiger partial charge in [0.2, 0.25) is 5.78 Å². The third-order valence-corrected chi connectivity index (χ3v) is 5.23. The van der Waals surface area contributed by atoms with Crippen molar-refractivity contribution < 1.29 is 9.21 Å². The fourth-order valence-corrected chi connectivity index (χ4v) is 3.43. The molecule has 0 bridgehead atoms.